The van der Waals surface area contributed by atoms with Crippen molar-refractivity contribution < 1.29 is 38.9 Å². The zero-order valence-electron chi connectivity index (χ0n) is 17.9. The molecule has 2 aromatic rings. The molecule has 1 saturated carbocycles. The number of pyridine rings is 2. The van der Waals surface area contributed by atoms with Crippen LogP contribution >= 0.6 is 0 Å². The number of hydrogen-bond acceptors (Lipinski definition) is 8. The Morgan fingerprint density at radius 2 is 1.12 bits per heavy atom. The van der Waals surface area contributed by atoms with Crippen LogP contribution in [0.5, 0.6) is 0 Å². The van der Waals surface area contributed by atoms with E-state index in [0.29, 0.717) is 11.1 Å². The molecule has 0 spiro atoms. The fraction of sp³-hybridized carbons (Fsp3) is 0.333. The predicted octanol–water partition coefficient (Wildman–Crippen LogP) is 1.71. The smallest absolute Gasteiger partial charge is 0.310 e. The van der Waals surface area contributed by atoms with Crippen molar-refractivity contribution in [2.45, 2.75) is 13.2 Å². The maximum absolute atomic E-state index is 13.0. The van der Waals surface area contributed by atoms with E-state index in [-0.39, 0.29) is 13.2 Å². The average Bonchev–Trinajstić information content (AvgIpc) is 2.86. The molecule has 10 nitrogen and oxygen atoms in total. The van der Waals surface area contributed by atoms with Crippen molar-refractivity contribution in [1.29, 1.82) is 0 Å². The van der Waals surface area contributed by atoms with Crippen molar-refractivity contribution in [3.63, 3.8) is 0 Å². The van der Waals surface area contributed by atoms with E-state index in [1.54, 1.807) is 36.7 Å². The number of esters is 2. The van der Waals surface area contributed by atoms with Crippen molar-refractivity contribution in [3.8, 4) is 0 Å². The van der Waals surface area contributed by atoms with Gasteiger partial charge in [0.25, 0.3) is 0 Å². The minimum Gasteiger partial charge on any atom is -0.481 e. The maximum atomic E-state index is 13.0. The summed E-state index contributed by atoms with van der Waals surface area (Å²) in [4.78, 5) is 58.2. The zero-order valence-corrected chi connectivity index (χ0v) is 17.9. The fourth-order valence-electron chi connectivity index (χ4n) is 4.85. The highest BCUT2D eigenvalue weighted by Crippen LogP contribution is 2.52. The number of aromatic nitrogens is 2. The molecule has 0 aromatic carbocycles. The van der Waals surface area contributed by atoms with Crippen LogP contribution in [0.15, 0.2) is 61.2 Å². The number of rotatable bonds is 8. The van der Waals surface area contributed by atoms with Crippen LogP contribution in [-0.4, -0.2) is 44.1 Å². The Balaban J connectivity index is 1.57. The van der Waals surface area contributed by atoms with Crippen molar-refractivity contribution >= 4 is 23.9 Å². The maximum Gasteiger partial charge on any atom is 0.310 e. The molecule has 2 N–H and O–H groups in total. The predicted molar refractivity (Wildman–Crippen MR) is 113 cm³/mol. The van der Waals surface area contributed by atoms with Crippen molar-refractivity contribution in [3.05, 3.63) is 72.3 Å². The Bertz CT molecular complexity index is 1020. The molecule has 0 saturated heterocycles. The normalized spacial score (nSPS) is 27.1. The second-order valence-electron chi connectivity index (χ2n) is 8.26. The third-order valence-corrected chi connectivity index (χ3v) is 6.31. The topological polar surface area (TPSA) is 153 Å². The molecule has 0 amide bonds. The van der Waals surface area contributed by atoms with Crippen LogP contribution in [0.1, 0.15) is 11.1 Å². The van der Waals surface area contributed by atoms with Crippen molar-refractivity contribution in [1.82, 2.24) is 9.97 Å². The molecule has 176 valence electrons. The van der Waals surface area contributed by atoms with Crippen LogP contribution in [0.2, 0.25) is 0 Å². The van der Waals surface area contributed by atoms with Gasteiger partial charge in [0.1, 0.15) is 13.2 Å². The van der Waals surface area contributed by atoms with E-state index >= 15 is 0 Å². The Kier molecular flexibility index (Phi) is 6.67. The first kappa shape index (κ1) is 23.1. The standard InChI is InChI=1S/C24H22N2O8/c27-21(28)17-16-6-5-15(19(17)23(31)33-11-13-3-1-7-25-9-13)18(22(29)30)20(16)24(32)34-12-14-4-2-8-26-10-14/h1-10,15-20H,11-12H2,(H,27,28)(H,29,30)/t15-,16+,17+,18-,19-,20+. The monoisotopic (exact) mass is 466 g/mol. The number of aliphatic carboxylic acids is 2. The summed E-state index contributed by atoms with van der Waals surface area (Å²) in [6, 6.07) is 6.71. The number of fused-ring (bicyclic) bond motifs is 2. The van der Waals surface area contributed by atoms with Crippen LogP contribution in [0.3, 0.4) is 0 Å². The minimum atomic E-state index is -1.33. The lowest BCUT2D eigenvalue weighted by Crippen LogP contribution is -2.57. The molecule has 3 aliphatic rings. The summed E-state index contributed by atoms with van der Waals surface area (Å²) in [7, 11) is 0. The molecule has 3 aliphatic carbocycles. The van der Waals surface area contributed by atoms with Gasteiger partial charge in [-0.1, -0.05) is 24.3 Å². The van der Waals surface area contributed by atoms with E-state index in [1.165, 1.54) is 24.5 Å². The first-order chi connectivity index (χ1) is 16.4. The Morgan fingerprint density at radius 3 is 1.44 bits per heavy atom. The summed E-state index contributed by atoms with van der Waals surface area (Å²) in [6.45, 7) is -0.268. The number of carboxylic acids is 2. The lowest BCUT2D eigenvalue weighted by atomic mass is 9.53. The first-order valence-corrected chi connectivity index (χ1v) is 10.6. The highest BCUT2D eigenvalue weighted by Gasteiger charge is 2.61. The Hall–Kier alpha value is -4.08. The van der Waals surface area contributed by atoms with Gasteiger partial charge in [-0.3, -0.25) is 29.1 Å². The van der Waals surface area contributed by atoms with Gasteiger partial charge in [0.15, 0.2) is 0 Å². The number of ether oxygens (including phenoxy) is 2. The lowest BCUT2D eigenvalue weighted by molar-refractivity contribution is -0.183. The van der Waals surface area contributed by atoms with Crippen LogP contribution in [0, 0.1) is 35.5 Å². The second-order valence-corrected chi connectivity index (χ2v) is 8.26. The van der Waals surface area contributed by atoms with Gasteiger partial charge >= 0.3 is 23.9 Å². The highest BCUT2D eigenvalue weighted by atomic mass is 16.5. The van der Waals surface area contributed by atoms with E-state index in [9.17, 15) is 29.4 Å². The molecule has 2 heterocycles. The molecule has 2 bridgehead atoms. The molecule has 1 fully saturated rings. The van der Waals surface area contributed by atoms with Gasteiger partial charge < -0.3 is 19.7 Å². The second kappa shape index (κ2) is 9.82. The molecule has 2 aromatic heterocycles. The summed E-state index contributed by atoms with van der Waals surface area (Å²) in [6.07, 6.45) is 9.13. The van der Waals surface area contributed by atoms with E-state index in [0.717, 1.165) is 0 Å². The minimum absolute atomic E-state index is 0.134. The number of carboxylic acid groups (broad SMARTS) is 2. The summed E-state index contributed by atoms with van der Waals surface area (Å²) in [5.74, 6) is -11.5. The fourth-order valence-corrected chi connectivity index (χ4v) is 4.85. The van der Waals surface area contributed by atoms with Crippen LogP contribution in [-0.2, 0) is 41.9 Å². The first-order valence-electron chi connectivity index (χ1n) is 10.6. The average molecular weight is 466 g/mol. The van der Waals surface area contributed by atoms with Crippen molar-refractivity contribution in [2.24, 2.45) is 35.5 Å². The quantitative estimate of drug-likeness (QED) is 0.434. The van der Waals surface area contributed by atoms with Gasteiger partial charge in [0.2, 0.25) is 0 Å². The Morgan fingerprint density at radius 1 is 0.706 bits per heavy atom. The largest absolute Gasteiger partial charge is 0.481 e. The Labute approximate surface area is 194 Å². The third-order valence-electron chi connectivity index (χ3n) is 6.31. The van der Waals surface area contributed by atoms with Gasteiger partial charge in [0.05, 0.1) is 23.7 Å². The molecule has 10 heteroatoms. The molecular formula is C24H22N2O8. The molecule has 0 aliphatic heterocycles. The number of carbonyl (C=O) groups excluding carboxylic acids is 2. The van der Waals surface area contributed by atoms with E-state index < -0.39 is 59.4 Å². The molecule has 0 radical (unpaired) electrons. The van der Waals surface area contributed by atoms with E-state index in [2.05, 4.69) is 9.97 Å². The molecule has 6 atom stereocenters. The van der Waals surface area contributed by atoms with Gasteiger partial charge in [-0.2, -0.15) is 0 Å². The van der Waals surface area contributed by atoms with Gasteiger partial charge in [-0.05, 0) is 12.1 Å². The van der Waals surface area contributed by atoms with Crippen LogP contribution in [0.25, 0.3) is 0 Å². The van der Waals surface area contributed by atoms with Gasteiger partial charge in [-0.25, -0.2) is 0 Å². The third kappa shape index (κ3) is 4.52. The summed E-state index contributed by atoms with van der Waals surface area (Å²) in [5, 5.41) is 19.9. The van der Waals surface area contributed by atoms with E-state index in [4.69, 9.17) is 9.47 Å². The summed E-state index contributed by atoms with van der Waals surface area (Å²) >= 11 is 0. The summed E-state index contributed by atoms with van der Waals surface area (Å²) < 4.78 is 10.7. The summed E-state index contributed by atoms with van der Waals surface area (Å²) in [5.41, 5.74) is 1.21. The molecular weight excluding hydrogens is 444 g/mol. The van der Waals surface area contributed by atoms with Crippen LogP contribution in [0.4, 0.5) is 0 Å². The number of carbonyl (C=O) groups is 4. The van der Waals surface area contributed by atoms with Crippen molar-refractivity contribution in [2.75, 3.05) is 0 Å². The number of nitrogens with zero attached hydrogens (tertiary/aromatic N) is 2. The lowest BCUT2D eigenvalue weighted by Gasteiger charge is -2.48. The molecule has 0 unspecified atom stereocenters. The van der Waals surface area contributed by atoms with Crippen LogP contribution < -0.4 is 0 Å². The molecule has 34 heavy (non-hydrogen) atoms. The molecule has 5 rings (SSSR count). The zero-order chi connectivity index (χ0) is 24.2. The number of allylic oxidation sites excluding steroid dienone is 2. The number of hydrogen-bond donors (Lipinski definition) is 2. The van der Waals surface area contributed by atoms with E-state index in [1.807, 2.05) is 0 Å². The van der Waals surface area contributed by atoms with Gasteiger partial charge in [-0.15, -0.1) is 0 Å². The highest BCUT2D eigenvalue weighted by molar-refractivity contribution is 5.89. The SMILES string of the molecule is O=C(O)[C@@H]1[C@H]2C=C[C@@H]([C@H](C(=O)O)[C@@H]2C(=O)OCc2cccnc2)[C@@H]1C(=O)OCc1cccnc1. The van der Waals surface area contributed by atoms with Gasteiger partial charge in [0, 0.05) is 47.8 Å².